The molecule has 0 aliphatic carbocycles. The summed E-state index contributed by atoms with van der Waals surface area (Å²) in [4.78, 5) is 9.80. The number of methoxy groups -OCH3 is 1. The van der Waals surface area contributed by atoms with Gasteiger partial charge in [-0.2, -0.15) is 0 Å². The minimum Gasteiger partial charge on any atom is -0.496 e. The molecule has 0 radical (unpaired) electrons. The highest BCUT2D eigenvalue weighted by Crippen LogP contribution is 2.28. The number of halogens is 1. The van der Waals surface area contributed by atoms with Crippen LogP contribution in [0.3, 0.4) is 0 Å². The van der Waals surface area contributed by atoms with Crippen LogP contribution in [0, 0.1) is 0 Å². The average Bonchev–Trinajstić information content (AvgIpc) is 2.92. The van der Waals surface area contributed by atoms with Crippen LogP contribution in [0.4, 0.5) is 0 Å². The Kier molecular flexibility index (Phi) is 7.50. The molecule has 0 bridgehead atoms. The lowest BCUT2D eigenvalue weighted by Crippen LogP contribution is -2.37. The predicted octanol–water partition coefficient (Wildman–Crippen LogP) is 2.99. The molecule has 3 N–H and O–H groups in total. The van der Waals surface area contributed by atoms with Crippen LogP contribution < -0.4 is 10.5 Å². The van der Waals surface area contributed by atoms with Crippen LogP contribution >= 0.6 is 24.0 Å². The number of nitrogens with two attached hydrogens (primary N) is 1. The Morgan fingerprint density at radius 2 is 2.05 bits per heavy atom. The van der Waals surface area contributed by atoms with E-state index in [1.807, 2.05) is 18.3 Å². The molecule has 2 rings (SSSR count). The zero-order chi connectivity index (χ0) is 15.2. The minimum atomic E-state index is 0. The molecule has 0 saturated carbocycles. The van der Waals surface area contributed by atoms with Gasteiger partial charge in [0.25, 0.3) is 0 Å². The van der Waals surface area contributed by atoms with Gasteiger partial charge >= 0.3 is 0 Å². The first-order valence-electron chi connectivity index (χ1n) is 7.39. The predicted molar refractivity (Wildman–Crippen MR) is 103 cm³/mol. The van der Waals surface area contributed by atoms with Crippen molar-refractivity contribution in [3.8, 4) is 5.75 Å². The standard InChI is InChI=1S/C16H24N4O.HI/c1-4-20(5-2)16(17)18-10-9-12-11-19-13-7-6-8-14(21-3)15(12)13;/h6-8,11,19H,4-5,9-10H2,1-3H3,(H2,17,18);1H. The van der Waals surface area contributed by atoms with Crippen LogP contribution in [0.15, 0.2) is 29.4 Å². The first kappa shape index (κ1) is 18.6. The van der Waals surface area contributed by atoms with Gasteiger partial charge in [0, 0.05) is 36.7 Å². The number of nitrogens with one attached hydrogen (secondary N) is 1. The van der Waals surface area contributed by atoms with Gasteiger partial charge in [-0.1, -0.05) is 6.07 Å². The van der Waals surface area contributed by atoms with Crippen molar-refractivity contribution < 1.29 is 4.74 Å². The summed E-state index contributed by atoms with van der Waals surface area (Å²) in [7, 11) is 1.70. The van der Waals surface area contributed by atoms with Crippen LogP contribution in [-0.2, 0) is 6.42 Å². The van der Waals surface area contributed by atoms with Crippen LogP contribution in [-0.4, -0.2) is 42.6 Å². The largest absolute Gasteiger partial charge is 0.496 e. The van der Waals surface area contributed by atoms with E-state index in [1.165, 1.54) is 5.56 Å². The number of guanidine groups is 1. The zero-order valence-electron chi connectivity index (χ0n) is 13.4. The number of nitrogens with zero attached hydrogens (tertiary/aromatic N) is 2. The number of aromatic nitrogens is 1. The van der Waals surface area contributed by atoms with Gasteiger partial charge in [-0.3, -0.25) is 4.99 Å². The van der Waals surface area contributed by atoms with Gasteiger partial charge in [-0.05, 0) is 38.0 Å². The molecule has 0 saturated heterocycles. The maximum Gasteiger partial charge on any atom is 0.191 e. The van der Waals surface area contributed by atoms with Gasteiger partial charge in [0.1, 0.15) is 5.75 Å². The number of benzene rings is 1. The molecule has 0 spiro atoms. The summed E-state index contributed by atoms with van der Waals surface area (Å²) in [6.07, 6.45) is 2.86. The van der Waals surface area contributed by atoms with Crippen molar-refractivity contribution in [2.24, 2.45) is 10.7 Å². The van der Waals surface area contributed by atoms with Crippen LogP contribution in [0.5, 0.6) is 5.75 Å². The molecule has 5 nitrogen and oxygen atoms in total. The Morgan fingerprint density at radius 3 is 2.68 bits per heavy atom. The molecule has 0 atom stereocenters. The molecule has 1 heterocycles. The topological polar surface area (TPSA) is 66.6 Å². The van der Waals surface area contributed by atoms with Crippen LogP contribution in [0.2, 0.25) is 0 Å². The molecular weight excluding hydrogens is 391 g/mol. The van der Waals surface area contributed by atoms with E-state index >= 15 is 0 Å². The lowest BCUT2D eigenvalue weighted by atomic mass is 10.1. The van der Waals surface area contributed by atoms with E-state index in [4.69, 9.17) is 10.5 Å². The summed E-state index contributed by atoms with van der Waals surface area (Å²) in [5, 5.41) is 1.14. The molecule has 22 heavy (non-hydrogen) atoms. The van der Waals surface area contributed by atoms with E-state index in [-0.39, 0.29) is 24.0 Å². The fourth-order valence-electron chi connectivity index (χ4n) is 2.53. The molecule has 0 aliphatic rings. The summed E-state index contributed by atoms with van der Waals surface area (Å²) in [6, 6.07) is 6.01. The highest BCUT2D eigenvalue weighted by atomic mass is 127. The van der Waals surface area contributed by atoms with Crippen molar-refractivity contribution in [2.45, 2.75) is 20.3 Å². The molecule has 0 aliphatic heterocycles. The van der Waals surface area contributed by atoms with Crippen molar-refractivity contribution >= 4 is 40.8 Å². The fourth-order valence-corrected chi connectivity index (χ4v) is 2.53. The number of ether oxygens (including phenoxy) is 1. The van der Waals surface area contributed by atoms with Gasteiger partial charge < -0.3 is 20.4 Å². The van der Waals surface area contributed by atoms with E-state index in [0.29, 0.717) is 12.5 Å². The molecule has 122 valence electrons. The highest BCUT2D eigenvalue weighted by Gasteiger charge is 2.09. The summed E-state index contributed by atoms with van der Waals surface area (Å²) < 4.78 is 5.44. The molecule has 0 unspecified atom stereocenters. The second kappa shape index (κ2) is 8.87. The third-order valence-corrected chi connectivity index (χ3v) is 3.71. The molecule has 6 heteroatoms. The molecular formula is C16H25IN4O. The van der Waals surface area contributed by atoms with Gasteiger partial charge in [0.2, 0.25) is 0 Å². The van der Waals surface area contributed by atoms with Crippen molar-refractivity contribution in [1.29, 1.82) is 0 Å². The summed E-state index contributed by atoms with van der Waals surface area (Å²) in [6.45, 7) is 6.60. The summed E-state index contributed by atoms with van der Waals surface area (Å²) in [5.41, 5.74) is 8.29. The van der Waals surface area contributed by atoms with E-state index < -0.39 is 0 Å². The van der Waals surface area contributed by atoms with Crippen LogP contribution in [0.1, 0.15) is 19.4 Å². The molecule has 2 aromatic rings. The summed E-state index contributed by atoms with van der Waals surface area (Å²) in [5.74, 6) is 1.51. The smallest absolute Gasteiger partial charge is 0.191 e. The molecule has 1 aromatic carbocycles. The number of H-pyrrole nitrogens is 1. The van der Waals surface area contributed by atoms with E-state index in [0.717, 1.165) is 36.2 Å². The quantitative estimate of drug-likeness (QED) is 0.432. The van der Waals surface area contributed by atoms with Crippen molar-refractivity contribution in [3.63, 3.8) is 0 Å². The molecule has 0 amide bonds. The number of rotatable bonds is 6. The van der Waals surface area contributed by atoms with E-state index in [2.05, 4.69) is 34.8 Å². The van der Waals surface area contributed by atoms with E-state index in [1.54, 1.807) is 7.11 Å². The van der Waals surface area contributed by atoms with Crippen molar-refractivity contribution in [1.82, 2.24) is 9.88 Å². The second-order valence-electron chi connectivity index (χ2n) is 4.86. The SMILES string of the molecule is CCN(CC)C(N)=NCCc1c[nH]c2cccc(OC)c12.I. The fraction of sp³-hybridized carbons (Fsp3) is 0.438. The number of aromatic amines is 1. The Balaban J connectivity index is 0.00000242. The Labute approximate surface area is 148 Å². The highest BCUT2D eigenvalue weighted by molar-refractivity contribution is 14.0. The zero-order valence-corrected chi connectivity index (χ0v) is 15.8. The van der Waals surface area contributed by atoms with Crippen molar-refractivity contribution in [3.05, 3.63) is 30.0 Å². The monoisotopic (exact) mass is 416 g/mol. The van der Waals surface area contributed by atoms with Crippen LogP contribution in [0.25, 0.3) is 10.9 Å². The lowest BCUT2D eigenvalue weighted by Gasteiger charge is -2.19. The third-order valence-electron chi connectivity index (χ3n) is 3.71. The molecule has 0 fully saturated rings. The Morgan fingerprint density at radius 1 is 1.32 bits per heavy atom. The maximum absolute atomic E-state index is 5.99. The van der Waals surface area contributed by atoms with Gasteiger partial charge in [0.15, 0.2) is 5.96 Å². The number of fused-ring (bicyclic) bond motifs is 1. The summed E-state index contributed by atoms with van der Waals surface area (Å²) >= 11 is 0. The third kappa shape index (κ3) is 4.06. The van der Waals surface area contributed by atoms with Crippen molar-refractivity contribution in [2.75, 3.05) is 26.7 Å². The minimum absolute atomic E-state index is 0. The van der Waals surface area contributed by atoms with Gasteiger partial charge in [-0.15, -0.1) is 24.0 Å². The number of aliphatic imine (C=N–C) groups is 1. The second-order valence-corrected chi connectivity index (χ2v) is 4.86. The van der Waals surface area contributed by atoms with Gasteiger partial charge in [0.05, 0.1) is 7.11 Å². The molecule has 1 aromatic heterocycles. The van der Waals surface area contributed by atoms with E-state index in [9.17, 15) is 0 Å². The number of hydrogen-bond donors (Lipinski definition) is 2. The van der Waals surface area contributed by atoms with Gasteiger partial charge in [-0.25, -0.2) is 0 Å². The first-order chi connectivity index (χ1) is 10.2. The Hall–Kier alpha value is -1.44. The Bertz CT molecular complexity index is 620. The maximum atomic E-state index is 5.99. The normalized spacial score (nSPS) is 11.3. The lowest BCUT2D eigenvalue weighted by molar-refractivity contribution is 0.419. The average molecular weight is 416 g/mol. The first-order valence-corrected chi connectivity index (χ1v) is 7.39. The number of hydrogen-bond acceptors (Lipinski definition) is 2.